The number of rotatable bonds is 4. The van der Waals surface area contributed by atoms with Crippen molar-refractivity contribution in [2.45, 2.75) is 51.0 Å². The second-order valence-corrected chi connectivity index (χ2v) is 6.32. The third kappa shape index (κ3) is 2.65. The molecule has 0 bridgehead atoms. The van der Waals surface area contributed by atoms with Crippen LogP contribution in [0.15, 0.2) is 49.1 Å². The van der Waals surface area contributed by atoms with Crippen molar-refractivity contribution in [2.75, 3.05) is 0 Å². The van der Waals surface area contributed by atoms with Crippen LogP contribution in [0.1, 0.15) is 44.6 Å². The first-order chi connectivity index (χ1) is 9.79. The standard InChI is InChI=1S/C18H24N2/c1-18(20-13-12-19-15-20,17-10-6-3-7-11-17)14-16-8-4-2-5-9-16/h2,4-5,8-9,12-13,15,17H,3,6-7,10-11,14H2,1H3. The first-order valence-corrected chi connectivity index (χ1v) is 7.81. The smallest absolute Gasteiger partial charge is 0.0951 e. The quantitative estimate of drug-likeness (QED) is 0.802. The van der Waals surface area contributed by atoms with Crippen molar-refractivity contribution in [1.29, 1.82) is 0 Å². The zero-order chi connectivity index (χ0) is 13.8. The number of hydrogen-bond donors (Lipinski definition) is 0. The van der Waals surface area contributed by atoms with Crippen molar-refractivity contribution in [3.63, 3.8) is 0 Å². The molecule has 1 aliphatic rings. The molecule has 1 aromatic carbocycles. The average molecular weight is 268 g/mol. The molecular formula is C18H24N2. The van der Waals surface area contributed by atoms with E-state index in [0.717, 1.165) is 12.3 Å². The molecule has 2 aromatic rings. The Morgan fingerprint density at radius 1 is 1.15 bits per heavy atom. The van der Waals surface area contributed by atoms with Gasteiger partial charge in [-0.15, -0.1) is 0 Å². The van der Waals surface area contributed by atoms with Crippen molar-refractivity contribution < 1.29 is 0 Å². The lowest BCUT2D eigenvalue weighted by Crippen LogP contribution is -2.41. The second kappa shape index (κ2) is 5.82. The molecule has 0 N–H and O–H groups in total. The molecule has 0 radical (unpaired) electrons. The van der Waals surface area contributed by atoms with Crippen molar-refractivity contribution in [3.8, 4) is 0 Å². The molecule has 1 aromatic heterocycles. The maximum absolute atomic E-state index is 4.29. The van der Waals surface area contributed by atoms with E-state index in [-0.39, 0.29) is 5.54 Å². The van der Waals surface area contributed by atoms with Crippen LogP contribution in [-0.2, 0) is 12.0 Å². The number of aromatic nitrogens is 2. The molecule has 2 heteroatoms. The Labute approximate surface area is 121 Å². The lowest BCUT2D eigenvalue weighted by Gasteiger charge is -2.41. The van der Waals surface area contributed by atoms with E-state index in [0.29, 0.717) is 0 Å². The number of imidazole rings is 1. The van der Waals surface area contributed by atoms with Crippen LogP contribution in [0.25, 0.3) is 0 Å². The molecular weight excluding hydrogens is 244 g/mol. The Bertz CT molecular complexity index is 512. The predicted molar refractivity (Wildman–Crippen MR) is 82.6 cm³/mol. The summed E-state index contributed by atoms with van der Waals surface area (Å²) >= 11 is 0. The first-order valence-electron chi connectivity index (χ1n) is 7.81. The minimum Gasteiger partial charge on any atom is -0.331 e. The summed E-state index contributed by atoms with van der Waals surface area (Å²) in [7, 11) is 0. The van der Waals surface area contributed by atoms with Gasteiger partial charge >= 0.3 is 0 Å². The minimum atomic E-state index is 0.151. The fraction of sp³-hybridized carbons (Fsp3) is 0.500. The van der Waals surface area contributed by atoms with Crippen molar-refractivity contribution >= 4 is 0 Å². The fourth-order valence-electron chi connectivity index (χ4n) is 3.74. The third-order valence-corrected chi connectivity index (χ3v) is 4.98. The fourth-order valence-corrected chi connectivity index (χ4v) is 3.74. The summed E-state index contributed by atoms with van der Waals surface area (Å²) in [6.07, 6.45) is 14.0. The summed E-state index contributed by atoms with van der Waals surface area (Å²) < 4.78 is 2.34. The molecule has 1 saturated carbocycles. The van der Waals surface area contributed by atoms with Crippen molar-refractivity contribution in [3.05, 3.63) is 54.6 Å². The Morgan fingerprint density at radius 2 is 1.90 bits per heavy atom. The highest BCUT2D eigenvalue weighted by Gasteiger charge is 2.36. The highest BCUT2D eigenvalue weighted by atomic mass is 15.1. The zero-order valence-electron chi connectivity index (χ0n) is 12.3. The Kier molecular flexibility index (Phi) is 3.90. The van der Waals surface area contributed by atoms with E-state index in [4.69, 9.17) is 0 Å². The summed E-state index contributed by atoms with van der Waals surface area (Å²) in [5.41, 5.74) is 1.58. The van der Waals surface area contributed by atoms with E-state index >= 15 is 0 Å². The lowest BCUT2D eigenvalue weighted by atomic mass is 9.72. The van der Waals surface area contributed by atoms with Gasteiger partial charge in [0.1, 0.15) is 0 Å². The number of nitrogens with zero attached hydrogens (tertiary/aromatic N) is 2. The molecule has 20 heavy (non-hydrogen) atoms. The van der Waals surface area contributed by atoms with E-state index in [1.165, 1.54) is 37.7 Å². The summed E-state index contributed by atoms with van der Waals surface area (Å²) in [5, 5.41) is 0. The molecule has 1 aliphatic carbocycles. The normalized spacial score (nSPS) is 19.6. The number of hydrogen-bond acceptors (Lipinski definition) is 1. The van der Waals surface area contributed by atoms with E-state index < -0.39 is 0 Å². The maximum Gasteiger partial charge on any atom is 0.0951 e. The lowest BCUT2D eigenvalue weighted by molar-refractivity contribution is 0.142. The first kappa shape index (κ1) is 13.4. The van der Waals surface area contributed by atoms with Gasteiger partial charge in [0.15, 0.2) is 0 Å². The number of benzene rings is 1. The predicted octanol–water partition coefficient (Wildman–Crippen LogP) is 4.42. The second-order valence-electron chi connectivity index (χ2n) is 6.32. The molecule has 0 aliphatic heterocycles. The molecule has 1 unspecified atom stereocenters. The molecule has 1 fully saturated rings. The summed E-state index contributed by atoms with van der Waals surface area (Å²) in [5.74, 6) is 0.755. The Morgan fingerprint density at radius 3 is 2.55 bits per heavy atom. The van der Waals surface area contributed by atoms with Gasteiger partial charge in [0.25, 0.3) is 0 Å². The van der Waals surface area contributed by atoms with E-state index in [2.05, 4.69) is 53.0 Å². The molecule has 1 heterocycles. The molecule has 2 nitrogen and oxygen atoms in total. The molecule has 3 rings (SSSR count). The van der Waals surface area contributed by atoms with Crippen LogP contribution in [-0.4, -0.2) is 9.55 Å². The summed E-state index contributed by atoms with van der Waals surface area (Å²) in [6.45, 7) is 2.41. The van der Waals surface area contributed by atoms with E-state index in [1.807, 2.05) is 12.5 Å². The molecule has 106 valence electrons. The van der Waals surface area contributed by atoms with Gasteiger partial charge in [-0.25, -0.2) is 4.98 Å². The summed E-state index contributed by atoms with van der Waals surface area (Å²) in [4.78, 5) is 4.29. The Hall–Kier alpha value is -1.57. The maximum atomic E-state index is 4.29. The van der Waals surface area contributed by atoms with Gasteiger partial charge in [-0.05, 0) is 37.7 Å². The van der Waals surface area contributed by atoms with Gasteiger partial charge in [0.2, 0.25) is 0 Å². The van der Waals surface area contributed by atoms with Crippen LogP contribution in [0.2, 0.25) is 0 Å². The van der Waals surface area contributed by atoms with Gasteiger partial charge in [-0.1, -0.05) is 49.6 Å². The van der Waals surface area contributed by atoms with Crippen LogP contribution in [0.4, 0.5) is 0 Å². The topological polar surface area (TPSA) is 17.8 Å². The van der Waals surface area contributed by atoms with Crippen LogP contribution in [0.5, 0.6) is 0 Å². The molecule has 0 spiro atoms. The zero-order valence-corrected chi connectivity index (χ0v) is 12.3. The molecule has 0 saturated heterocycles. The Balaban J connectivity index is 1.90. The van der Waals surface area contributed by atoms with Crippen molar-refractivity contribution in [2.24, 2.45) is 5.92 Å². The van der Waals surface area contributed by atoms with Gasteiger partial charge in [-0.3, -0.25) is 0 Å². The highest BCUT2D eigenvalue weighted by Crippen LogP contribution is 2.39. The van der Waals surface area contributed by atoms with Gasteiger partial charge in [0, 0.05) is 17.9 Å². The highest BCUT2D eigenvalue weighted by molar-refractivity contribution is 5.18. The summed E-state index contributed by atoms with van der Waals surface area (Å²) in [6, 6.07) is 10.9. The van der Waals surface area contributed by atoms with Gasteiger partial charge in [-0.2, -0.15) is 0 Å². The van der Waals surface area contributed by atoms with Gasteiger partial charge in [0.05, 0.1) is 6.33 Å². The van der Waals surface area contributed by atoms with E-state index in [1.54, 1.807) is 0 Å². The van der Waals surface area contributed by atoms with Crippen LogP contribution < -0.4 is 0 Å². The third-order valence-electron chi connectivity index (χ3n) is 4.98. The van der Waals surface area contributed by atoms with Gasteiger partial charge < -0.3 is 4.57 Å². The SMILES string of the molecule is CC(Cc1ccccc1)(C1CCCCC1)n1ccnc1. The molecule has 0 amide bonds. The van der Waals surface area contributed by atoms with Crippen LogP contribution >= 0.6 is 0 Å². The average Bonchev–Trinajstić information content (AvgIpc) is 3.04. The largest absolute Gasteiger partial charge is 0.331 e. The molecule has 1 atom stereocenters. The minimum absolute atomic E-state index is 0.151. The van der Waals surface area contributed by atoms with Crippen molar-refractivity contribution in [1.82, 2.24) is 9.55 Å². The van der Waals surface area contributed by atoms with E-state index in [9.17, 15) is 0 Å². The monoisotopic (exact) mass is 268 g/mol. The van der Waals surface area contributed by atoms with Crippen LogP contribution in [0, 0.1) is 5.92 Å². The van der Waals surface area contributed by atoms with Crippen LogP contribution in [0.3, 0.4) is 0 Å².